The number of esters is 1. The van der Waals surface area contributed by atoms with Gasteiger partial charge in [-0.25, -0.2) is 4.98 Å². The van der Waals surface area contributed by atoms with E-state index in [-0.39, 0.29) is 5.97 Å². The first-order valence-corrected chi connectivity index (χ1v) is 7.32. The molecule has 0 saturated heterocycles. The zero-order valence-electron chi connectivity index (χ0n) is 12.6. The number of rotatable bonds is 8. The summed E-state index contributed by atoms with van der Waals surface area (Å²) in [6, 6.07) is 13.3. The van der Waals surface area contributed by atoms with Crippen LogP contribution in [0.25, 0.3) is 0 Å². The molecule has 1 heterocycles. The molecule has 0 bridgehead atoms. The van der Waals surface area contributed by atoms with E-state index in [1.807, 2.05) is 42.5 Å². The van der Waals surface area contributed by atoms with Gasteiger partial charge in [0.05, 0.1) is 13.0 Å². The fraction of sp³-hybridized carbons (Fsp3) is 0.294. The molecule has 5 heteroatoms. The highest BCUT2D eigenvalue weighted by atomic mass is 16.5. The minimum Gasteiger partial charge on any atom is -0.466 e. The Morgan fingerprint density at radius 3 is 2.68 bits per heavy atom. The van der Waals surface area contributed by atoms with Gasteiger partial charge in [0.25, 0.3) is 0 Å². The highest BCUT2D eigenvalue weighted by Gasteiger charge is 2.02. The molecule has 0 unspecified atom stereocenters. The second-order valence-electron chi connectivity index (χ2n) is 4.65. The molecule has 1 N–H and O–H groups in total. The lowest BCUT2D eigenvalue weighted by molar-refractivity contribution is -0.142. The summed E-state index contributed by atoms with van der Waals surface area (Å²) < 4.78 is 10.5. The Kier molecular flexibility index (Phi) is 6.39. The van der Waals surface area contributed by atoms with Crippen LogP contribution in [0.2, 0.25) is 0 Å². The first-order valence-electron chi connectivity index (χ1n) is 7.32. The molecule has 2 aromatic rings. The van der Waals surface area contributed by atoms with Gasteiger partial charge < -0.3 is 14.8 Å². The number of ether oxygens (including phenoxy) is 2. The van der Waals surface area contributed by atoms with Crippen molar-refractivity contribution in [3.63, 3.8) is 0 Å². The van der Waals surface area contributed by atoms with E-state index in [0.29, 0.717) is 32.0 Å². The Morgan fingerprint density at radius 1 is 1.18 bits per heavy atom. The molecule has 1 aromatic carbocycles. The molecule has 116 valence electrons. The third kappa shape index (κ3) is 5.54. The predicted octanol–water partition coefficient (Wildman–Crippen LogP) is 2.92. The van der Waals surface area contributed by atoms with E-state index in [9.17, 15) is 4.79 Å². The molecule has 0 aliphatic heterocycles. The maximum Gasteiger partial charge on any atom is 0.307 e. The molecule has 1 aromatic heterocycles. The summed E-state index contributed by atoms with van der Waals surface area (Å²) in [6.07, 6.45) is 2.13. The van der Waals surface area contributed by atoms with E-state index >= 15 is 0 Å². The minimum absolute atomic E-state index is 0.181. The number of nitrogens with one attached hydrogen (secondary N) is 1. The van der Waals surface area contributed by atoms with Crippen molar-refractivity contribution in [3.8, 4) is 11.6 Å². The van der Waals surface area contributed by atoms with Crippen molar-refractivity contribution < 1.29 is 14.3 Å². The Balaban J connectivity index is 1.74. The number of benzene rings is 1. The van der Waals surface area contributed by atoms with Crippen molar-refractivity contribution in [2.24, 2.45) is 0 Å². The van der Waals surface area contributed by atoms with Gasteiger partial charge in [0.2, 0.25) is 5.88 Å². The lowest BCUT2D eigenvalue weighted by atomic mass is 10.3. The minimum atomic E-state index is -0.181. The summed E-state index contributed by atoms with van der Waals surface area (Å²) in [5, 5.41) is 3.18. The van der Waals surface area contributed by atoms with Crippen LogP contribution in [0.4, 0.5) is 0 Å². The van der Waals surface area contributed by atoms with Crippen molar-refractivity contribution in [2.75, 3.05) is 13.2 Å². The van der Waals surface area contributed by atoms with Gasteiger partial charge >= 0.3 is 5.97 Å². The third-order valence-electron chi connectivity index (χ3n) is 2.90. The molecular weight excluding hydrogens is 280 g/mol. The van der Waals surface area contributed by atoms with E-state index in [1.54, 1.807) is 13.1 Å². The van der Waals surface area contributed by atoms with Gasteiger partial charge in [-0.15, -0.1) is 0 Å². The smallest absolute Gasteiger partial charge is 0.307 e. The average Bonchev–Trinajstić information content (AvgIpc) is 2.54. The van der Waals surface area contributed by atoms with Crippen LogP contribution < -0.4 is 10.1 Å². The monoisotopic (exact) mass is 300 g/mol. The fourth-order valence-corrected chi connectivity index (χ4v) is 1.84. The highest BCUT2D eigenvalue weighted by Crippen LogP contribution is 2.18. The third-order valence-corrected chi connectivity index (χ3v) is 2.90. The second-order valence-corrected chi connectivity index (χ2v) is 4.65. The number of para-hydroxylation sites is 1. The molecular formula is C17H20N2O3. The maximum atomic E-state index is 11.2. The van der Waals surface area contributed by atoms with Crippen LogP contribution in [0.15, 0.2) is 48.7 Å². The molecule has 0 radical (unpaired) electrons. The van der Waals surface area contributed by atoms with Crippen LogP contribution in [0.1, 0.15) is 18.9 Å². The molecule has 0 spiro atoms. The van der Waals surface area contributed by atoms with Crippen LogP contribution in [0.3, 0.4) is 0 Å². The van der Waals surface area contributed by atoms with Gasteiger partial charge in [-0.3, -0.25) is 4.79 Å². The van der Waals surface area contributed by atoms with Crippen molar-refractivity contribution >= 4 is 5.97 Å². The van der Waals surface area contributed by atoms with Gasteiger partial charge in [0.15, 0.2) is 0 Å². The summed E-state index contributed by atoms with van der Waals surface area (Å²) in [7, 11) is 0. The number of nitrogens with zero attached hydrogens (tertiary/aromatic N) is 1. The first-order chi connectivity index (χ1) is 10.8. The molecule has 2 rings (SSSR count). The number of hydrogen-bond acceptors (Lipinski definition) is 5. The Bertz CT molecular complexity index is 570. The summed E-state index contributed by atoms with van der Waals surface area (Å²) in [5.74, 6) is 1.14. The van der Waals surface area contributed by atoms with E-state index < -0.39 is 0 Å². The van der Waals surface area contributed by atoms with Gasteiger partial charge in [0, 0.05) is 25.4 Å². The summed E-state index contributed by atoms with van der Waals surface area (Å²) in [4.78, 5) is 15.4. The molecule has 0 fully saturated rings. The highest BCUT2D eigenvalue weighted by molar-refractivity contribution is 5.69. The average molecular weight is 300 g/mol. The Hall–Kier alpha value is -2.40. The van der Waals surface area contributed by atoms with E-state index in [4.69, 9.17) is 9.47 Å². The first kappa shape index (κ1) is 16.0. The van der Waals surface area contributed by atoms with E-state index in [0.717, 1.165) is 11.3 Å². The van der Waals surface area contributed by atoms with Crippen LogP contribution in [-0.4, -0.2) is 24.1 Å². The molecule has 0 atom stereocenters. The summed E-state index contributed by atoms with van der Waals surface area (Å²) in [5.41, 5.74) is 1.03. The van der Waals surface area contributed by atoms with Gasteiger partial charge in [-0.1, -0.05) is 24.3 Å². The number of hydrogen-bond donors (Lipinski definition) is 1. The van der Waals surface area contributed by atoms with Crippen LogP contribution in [0, 0.1) is 0 Å². The maximum absolute atomic E-state index is 11.2. The van der Waals surface area contributed by atoms with Crippen molar-refractivity contribution in [1.29, 1.82) is 0 Å². The Labute approximate surface area is 130 Å². The molecule has 0 aliphatic rings. The van der Waals surface area contributed by atoms with Crippen molar-refractivity contribution in [1.82, 2.24) is 10.3 Å². The zero-order chi connectivity index (χ0) is 15.6. The molecule has 0 amide bonds. The molecule has 0 aliphatic carbocycles. The zero-order valence-corrected chi connectivity index (χ0v) is 12.6. The van der Waals surface area contributed by atoms with Gasteiger partial charge in [0.1, 0.15) is 5.75 Å². The lowest BCUT2D eigenvalue weighted by Crippen LogP contribution is -2.19. The normalized spacial score (nSPS) is 10.2. The lowest BCUT2D eigenvalue weighted by Gasteiger charge is -2.07. The standard InChI is InChI=1S/C17H20N2O3/c1-2-21-17(20)10-11-18-12-14-8-9-16(19-13-14)22-15-6-4-3-5-7-15/h3-9,13,18H,2,10-12H2,1H3. The van der Waals surface area contributed by atoms with Crippen molar-refractivity contribution in [2.45, 2.75) is 19.9 Å². The van der Waals surface area contributed by atoms with Crippen LogP contribution >= 0.6 is 0 Å². The Morgan fingerprint density at radius 2 is 2.00 bits per heavy atom. The number of pyridine rings is 1. The van der Waals surface area contributed by atoms with Crippen LogP contribution in [0.5, 0.6) is 11.6 Å². The second kappa shape index (κ2) is 8.79. The number of carbonyl (C=O) groups is 1. The largest absolute Gasteiger partial charge is 0.466 e. The number of carbonyl (C=O) groups excluding carboxylic acids is 1. The van der Waals surface area contributed by atoms with Crippen LogP contribution in [-0.2, 0) is 16.1 Å². The van der Waals surface area contributed by atoms with E-state index in [1.165, 1.54) is 0 Å². The molecule has 0 saturated carbocycles. The summed E-state index contributed by atoms with van der Waals surface area (Å²) >= 11 is 0. The summed E-state index contributed by atoms with van der Waals surface area (Å²) in [6.45, 7) is 3.46. The fourth-order valence-electron chi connectivity index (χ4n) is 1.84. The predicted molar refractivity (Wildman–Crippen MR) is 83.7 cm³/mol. The van der Waals surface area contributed by atoms with E-state index in [2.05, 4.69) is 10.3 Å². The SMILES string of the molecule is CCOC(=O)CCNCc1ccc(Oc2ccccc2)nc1. The topological polar surface area (TPSA) is 60.5 Å². The van der Waals surface area contributed by atoms with Gasteiger partial charge in [-0.2, -0.15) is 0 Å². The van der Waals surface area contributed by atoms with Crippen molar-refractivity contribution in [3.05, 3.63) is 54.2 Å². The molecule has 5 nitrogen and oxygen atoms in total. The molecule has 22 heavy (non-hydrogen) atoms. The number of aromatic nitrogens is 1. The quantitative estimate of drug-likeness (QED) is 0.600. The van der Waals surface area contributed by atoms with Gasteiger partial charge in [-0.05, 0) is 24.6 Å².